The van der Waals surface area contributed by atoms with Gasteiger partial charge < -0.3 is 0 Å². The summed E-state index contributed by atoms with van der Waals surface area (Å²) in [5.41, 5.74) is 0.871. The largest absolute Gasteiger partial charge is 0.274 e. The standard InChI is InChI=1S/C19H15Cl2NO2S/c1-2-10-22-18(23)16(14-9-8-12(20)11-15(14)21)17(19(22)24)25-13-6-4-3-5-7-13/h3-9,11H,2,10H2,1H3. The van der Waals surface area contributed by atoms with Crippen molar-refractivity contribution >= 4 is 52.4 Å². The van der Waals surface area contributed by atoms with Crippen LogP contribution in [0, 0.1) is 0 Å². The topological polar surface area (TPSA) is 37.4 Å². The lowest BCUT2D eigenvalue weighted by molar-refractivity contribution is -0.136. The van der Waals surface area contributed by atoms with E-state index in [4.69, 9.17) is 23.2 Å². The highest BCUT2D eigenvalue weighted by Crippen LogP contribution is 2.41. The van der Waals surface area contributed by atoms with E-state index < -0.39 is 0 Å². The molecule has 2 aromatic carbocycles. The molecule has 0 aromatic heterocycles. The minimum Gasteiger partial charge on any atom is -0.274 e. The third kappa shape index (κ3) is 3.61. The van der Waals surface area contributed by atoms with E-state index in [1.807, 2.05) is 37.3 Å². The van der Waals surface area contributed by atoms with Crippen LogP contribution in [0.3, 0.4) is 0 Å². The van der Waals surface area contributed by atoms with Gasteiger partial charge in [0.1, 0.15) is 0 Å². The molecule has 3 nitrogen and oxygen atoms in total. The zero-order valence-corrected chi connectivity index (χ0v) is 15.8. The fraction of sp³-hybridized carbons (Fsp3) is 0.158. The summed E-state index contributed by atoms with van der Waals surface area (Å²) >= 11 is 13.6. The molecule has 0 N–H and O–H groups in total. The second-order valence-corrected chi connectivity index (χ2v) is 7.43. The lowest BCUT2D eigenvalue weighted by atomic mass is 10.1. The number of hydrogen-bond donors (Lipinski definition) is 0. The SMILES string of the molecule is CCCN1C(=O)C(Sc2ccccc2)=C(c2ccc(Cl)cc2Cl)C1=O. The molecule has 0 fully saturated rings. The molecule has 0 spiro atoms. The van der Waals surface area contributed by atoms with Crippen molar-refractivity contribution in [1.29, 1.82) is 0 Å². The molecule has 0 saturated heterocycles. The molecule has 3 rings (SSSR count). The summed E-state index contributed by atoms with van der Waals surface area (Å²) in [5, 5.41) is 0.835. The first-order valence-electron chi connectivity index (χ1n) is 7.81. The van der Waals surface area contributed by atoms with Crippen molar-refractivity contribution in [2.24, 2.45) is 0 Å². The fourth-order valence-corrected chi connectivity index (χ4v) is 4.14. The number of carbonyl (C=O) groups is 2. The molecule has 0 unspecified atom stereocenters. The molecule has 0 saturated carbocycles. The quantitative estimate of drug-likeness (QED) is 0.650. The molecule has 25 heavy (non-hydrogen) atoms. The number of rotatable bonds is 5. The summed E-state index contributed by atoms with van der Waals surface area (Å²) in [5.74, 6) is -0.587. The van der Waals surface area contributed by atoms with Gasteiger partial charge in [-0.2, -0.15) is 0 Å². The van der Waals surface area contributed by atoms with Gasteiger partial charge in [0.2, 0.25) is 0 Å². The van der Waals surface area contributed by atoms with Crippen molar-refractivity contribution in [1.82, 2.24) is 4.90 Å². The van der Waals surface area contributed by atoms with Gasteiger partial charge in [0.15, 0.2) is 0 Å². The molecule has 1 aliphatic heterocycles. The third-order valence-corrected chi connectivity index (χ3v) is 5.37. The highest BCUT2D eigenvalue weighted by Gasteiger charge is 2.39. The van der Waals surface area contributed by atoms with Crippen LogP contribution in [0.4, 0.5) is 0 Å². The van der Waals surface area contributed by atoms with E-state index in [1.165, 1.54) is 16.7 Å². The number of halogens is 2. The molecule has 6 heteroatoms. The van der Waals surface area contributed by atoms with Gasteiger partial charge in [0.25, 0.3) is 11.8 Å². The monoisotopic (exact) mass is 391 g/mol. The summed E-state index contributed by atoms with van der Waals surface area (Å²) in [6, 6.07) is 14.4. The van der Waals surface area contributed by atoms with Crippen LogP contribution in [0.25, 0.3) is 5.57 Å². The highest BCUT2D eigenvalue weighted by molar-refractivity contribution is 8.04. The molecule has 2 aromatic rings. The van der Waals surface area contributed by atoms with Gasteiger partial charge in [-0.15, -0.1) is 0 Å². The van der Waals surface area contributed by atoms with Gasteiger partial charge in [0, 0.05) is 22.0 Å². The molecule has 2 amide bonds. The van der Waals surface area contributed by atoms with Crippen molar-refractivity contribution in [3.8, 4) is 0 Å². The van der Waals surface area contributed by atoms with Gasteiger partial charge in [-0.25, -0.2) is 0 Å². The van der Waals surface area contributed by atoms with E-state index in [0.29, 0.717) is 39.1 Å². The first-order valence-corrected chi connectivity index (χ1v) is 9.39. The van der Waals surface area contributed by atoms with E-state index in [9.17, 15) is 9.59 Å². The van der Waals surface area contributed by atoms with Gasteiger partial charge >= 0.3 is 0 Å². The summed E-state index contributed by atoms with van der Waals surface area (Å²) in [6.45, 7) is 2.31. The van der Waals surface area contributed by atoms with Crippen molar-refractivity contribution < 1.29 is 9.59 Å². The van der Waals surface area contributed by atoms with Crippen LogP contribution in [0.2, 0.25) is 10.0 Å². The predicted octanol–water partition coefficient (Wildman–Crippen LogP) is 5.28. The van der Waals surface area contributed by atoms with E-state index >= 15 is 0 Å². The Hall–Kier alpha value is -1.75. The molecule has 0 atom stereocenters. The normalized spacial score (nSPS) is 14.6. The van der Waals surface area contributed by atoms with E-state index in [-0.39, 0.29) is 11.8 Å². The van der Waals surface area contributed by atoms with Gasteiger partial charge in [0.05, 0.1) is 15.5 Å². The Morgan fingerprint density at radius 1 is 1.00 bits per heavy atom. The molecule has 1 heterocycles. The Morgan fingerprint density at radius 3 is 2.36 bits per heavy atom. The van der Waals surface area contributed by atoms with Crippen LogP contribution in [-0.2, 0) is 9.59 Å². The van der Waals surface area contributed by atoms with Crippen molar-refractivity contribution in [2.75, 3.05) is 6.54 Å². The first kappa shape index (κ1) is 18.1. The van der Waals surface area contributed by atoms with Gasteiger partial charge in [-0.05, 0) is 30.7 Å². The molecule has 1 aliphatic rings. The van der Waals surface area contributed by atoms with Crippen LogP contribution in [0.5, 0.6) is 0 Å². The number of thioether (sulfide) groups is 1. The second-order valence-electron chi connectivity index (χ2n) is 5.51. The maximum Gasteiger partial charge on any atom is 0.268 e. The number of imide groups is 1. The number of amides is 2. The second kappa shape index (κ2) is 7.65. The molecular formula is C19H15Cl2NO2S. The molecule has 0 bridgehead atoms. The number of benzene rings is 2. The predicted molar refractivity (Wildman–Crippen MR) is 103 cm³/mol. The van der Waals surface area contributed by atoms with E-state index in [0.717, 1.165) is 4.90 Å². The smallest absolute Gasteiger partial charge is 0.268 e. The maximum atomic E-state index is 12.9. The maximum absolute atomic E-state index is 12.9. The number of carbonyl (C=O) groups excluding carboxylic acids is 2. The van der Waals surface area contributed by atoms with E-state index in [1.54, 1.807) is 18.2 Å². The molecule has 128 valence electrons. The Kier molecular flexibility index (Phi) is 5.52. The zero-order chi connectivity index (χ0) is 18.0. The summed E-state index contributed by atoms with van der Waals surface area (Å²) < 4.78 is 0. The number of nitrogens with zero attached hydrogens (tertiary/aromatic N) is 1. The van der Waals surface area contributed by atoms with Crippen LogP contribution in [0.1, 0.15) is 18.9 Å². The van der Waals surface area contributed by atoms with Crippen LogP contribution in [0.15, 0.2) is 58.3 Å². The molecule has 0 radical (unpaired) electrons. The Morgan fingerprint density at radius 2 is 1.72 bits per heavy atom. The average Bonchev–Trinajstić information content (AvgIpc) is 2.81. The summed E-state index contributed by atoms with van der Waals surface area (Å²) in [4.78, 5) is 28.3. The van der Waals surface area contributed by atoms with Crippen molar-refractivity contribution in [3.05, 3.63) is 69.0 Å². The lowest BCUT2D eigenvalue weighted by Gasteiger charge is -2.13. The minimum absolute atomic E-state index is 0.276. The first-order chi connectivity index (χ1) is 12.0. The zero-order valence-electron chi connectivity index (χ0n) is 13.5. The summed E-state index contributed by atoms with van der Waals surface area (Å²) in [7, 11) is 0. The third-order valence-electron chi connectivity index (χ3n) is 3.74. The van der Waals surface area contributed by atoms with Crippen LogP contribution >= 0.6 is 35.0 Å². The van der Waals surface area contributed by atoms with Gasteiger partial charge in [-0.1, -0.05) is 66.2 Å². The Labute approximate surface area is 160 Å². The summed E-state index contributed by atoms with van der Waals surface area (Å²) in [6.07, 6.45) is 0.697. The Bertz CT molecular complexity index is 865. The highest BCUT2D eigenvalue weighted by atomic mass is 35.5. The van der Waals surface area contributed by atoms with Crippen LogP contribution in [-0.4, -0.2) is 23.3 Å². The molecule has 0 aliphatic carbocycles. The van der Waals surface area contributed by atoms with Crippen LogP contribution < -0.4 is 0 Å². The number of hydrogen-bond acceptors (Lipinski definition) is 3. The lowest BCUT2D eigenvalue weighted by Crippen LogP contribution is -2.32. The fourth-order valence-electron chi connectivity index (χ4n) is 2.61. The minimum atomic E-state index is -0.311. The average molecular weight is 392 g/mol. The van der Waals surface area contributed by atoms with Gasteiger partial charge in [-0.3, -0.25) is 14.5 Å². The molecular weight excluding hydrogens is 377 g/mol. The van der Waals surface area contributed by atoms with Crippen molar-refractivity contribution in [2.45, 2.75) is 18.2 Å². The van der Waals surface area contributed by atoms with Crippen molar-refractivity contribution in [3.63, 3.8) is 0 Å². The Balaban J connectivity index is 2.12. The van der Waals surface area contributed by atoms with E-state index in [2.05, 4.69) is 0 Å².